The normalized spacial score (nSPS) is 10.8. The number of para-hydroxylation sites is 2. The summed E-state index contributed by atoms with van der Waals surface area (Å²) in [6.45, 7) is 0.559. The lowest BCUT2D eigenvalue weighted by Gasteiger charge is -2.11. The molecule has 0 amide bonds. The van der Waals surface area contributed by atoms with Crippen molar-refractivity contribution in [2.75, 3.05) is 17.8 Å². The molecule has 22 heavy (non-hydrogen) atoms. The topological polar surface area (TPSA) is 75.7 Å². The average Bonchev–Trinajstić information content (AvgIpc) is 2.90. The highest BCUT2D eigenvalue weighted by atomic mass is 35.5. The molecule has 0 unspecified atom stereocenters. The van der Waals surface area contributed by atoms with Crippen molar-refractivity contribution in [3.05, 3.63) is 35.7 Å². The number of hydrogen-bond acceptors (Lipinski definition) is 5. The summed E-state index contributed by atoms with van der Waals surface area (Å²) in [5.74, 6) is 1.84. The summed E-state index contributed by atoms with van der Waals surface area (Å²) in [7, 11) is 0. The summed E-state index contributed by atoms with van der Waals surface area (Å²) >= 11 is 11.4. The standard InChI is InChI=1S/C14H13Cl2N5O/c15-6-3-7-22-11-5-2-1-4-9(11)18-14-19-10-8-17-13(16)20-12(10)21-14/h1-2,4-5,8H,3,6-7H2,(H2,17,18,19,20,21). The first-order valence-electron chi connectivity index (χ1n) is 6.69. The summed E-state index contributed by atoms with van der Waals surface area (Å²) in [6.07, 6.45) is 2.38. The van der Waals surface area contributed by atoms with E-state index >= 15 is 0 Å². The number of nitrogens with one attached hydrogen (secondary N) is 2. The van der Waals surface area contributed by atoms with Crippen LogP contribution in [-0.4, -0.2) is 32.4 Å². The molecular weight excluding hydrogens is 325 g/mol. The van der Waals surface area contributed by atoms with Gasteiger partial charge < -0.3 is 15.0 Å². The zero-order chi connectivity index (χ0) is 15.4. The molecule has 0 bridgehead atoms. The van der Waals surface area contributed by atoms with Gasteiger partial charge in [-0.2, -0.15) is 9.97 Å². The second-order valence-corrected chi connectivity index (χ2v) is 5.19. The SMILES string of the molecule is ClCCCOc1ccccc1Nc1nc2nc(Cl)ncc2[nH]1. The number of nitrogens with zero attached hydrogens (tertiary/aromatic N) is 3. The smallest absolute Gasteiger partial charge is 0.224 e. The van der Waals surface area contributed by atoms with Gasteiger partial charge in [0, 0.05) is 5.88 Å². The summed E-state index contributed by atoms with van der Waals surface area (Å²) in [4.78, 5) is 15.4. The number of aromatic nitrogens is 4. The summed E-state index contributed by atoms with van der Waals surface area (Å²) in [6, 6.07) is 7.61. The van der Waals surface area contributed by atoms with Gasteiger partial charge in [-0.15, -0.1) is 11.6 Å². The van der Waals surface area contributed by atoms with Gasteiger partial charge >= 0.3 is 0 Å². The van der Waals surface area contributed by atoms with E-state index in [0.717, 1.165) is 17.9 Å². The predicted octanol–water partition coefficient (Wildman–Crippen LogP) is 3.76. The van der Waals surface area contributed by atoms with Crippen LogP contribution in [0.1, 0.15) is 6.42 Å². The molecule has 3 aromatic rings. The lowest BCUT2D eigenvalue weighted by atomic mass is 10.3. The average molecular weight is 338 g/mol. The van der Waals surface area contributed by atoms with Crippen LogP contribution in [0.25, 0.3) is 11.2 Å². The van der Waals surface area contributed by atoms with E-state index in [1.807, 2.05) is 24.3 Å². The van der Waals surface area contributed by atoms with Gasteiger partial charge in [-0.1, -0.05) is 12.1 Å². The molecular formula is C14H13Cl2N5O. The van der Waals surface area contributed by atoms with Crippen LogP contribution < -0.4 is 10.1 Å². The molecule has 0 aliphatic rings. The highest BCUT2D eigenvalue weighted by Gasteiger charge is 2.08. The Bertz CT molecular complexity index is 777. The van der Waals surface area contributed by atoms with Crippen molar-refractivity contribution < 1.29 is 4.74 Å². The number of alkyl halides is 1. The maximum Gasteiger partial charge on any atom is 0.224 e. The van der Waals surface area contributed by atoms with Gasteiger partial charge in [0.1, 0.15) is 11.3 Å². The third-order valence-electron chi connectivity index (χ3n) is 2.89. The number of rotatable bonds is 6. The van der Waals surface area contributed by atoms with Crippen molar-refractivity contribution in [1.29, 1.82) is 0 Å². The third kappa shape index (κ3) is 3.40. The molecule has 0 fully saturated rings. The Balaban J connectivity index is 1.82. The van der Waals surface area contributed by atoms with E-state index in [2.05, 4.69) is 25.3 Å². The van der Waals surface area contributed by atoms with Crippen molar-refractivity contribution in [2.45, 2.75) is 6.42 Å². The van der Waals surface area contributed by atoms with E-state index in [1.54, 1.807) is 6.20 Å². The first kappa shape index (κ1) is 14.9. The Kier molecular flexibility index (Phi) is 4.60. The molecule has 1 aromatic carbocycles. The van der Waals surface area contributed by atoms with Crippen LogP contribution in [0.5, 0.6) is 5.75 Å². The lowest BCUT2D eigenvalue weighted by Crippen LogP contribution is -2.01. The van der Waals surface area contributed by atoms with Crippen LogP contribution in [0.15, 0.2) is 30.5 Å². The summed E-state index contributed by atoms with van der Waals surface area (Å²) < 4.78 is 5.71. The highest BCUT2D eigenvalue weighted by molar-refractivity contribution is 6.28. The largest absolute Gasteiger partial charge is 0.491 e. The second kappa shape index (κ2) is 6.81. The number of aromatic amines is 1. The Morgan fingerprint density at radius 2 is 2.09 bits per heavy atom. The molecule has 2 N–H and O–H groups in total. The van der Waals surface area contributed by atoms with Crippen LogP contribution in [0, 0.1) is 0 Å². The molecule has 0 saturated heterocycles. The van der Waals surface area contributed by atoms with Gasteiger partial charge in [-0.3, -0.25) is 0 Å². The molecule has 0 aliphatic heterocycles. The van der Waals surface area contributed by atoms with Crippen LogP contribution in [0.2, 0.25) is 5.28 Å². The Morgan fingerprint density at radius 1 is 1.23 bits per heavy atom. The van der Waals surface area contributed by atoms with Gasteiger partial charge in [0.05, 0.1) is 18.5 Å². The van der Waals surface area contributed by atoms with E-state index in [0.29, 0.717) is 29.6 Å². The maximum atomic E-state index is 5.76. The fourth-order valence-electron chi connectivity index (χ4n) is 1.91. The number of fused-ring (bicyclic) bond motifs is 1. The van der Waals surface area contributed by atoms with Crippen molar-refractivity contribution >= 4 is 46.0 Å². The van der Waals surface area contributed by atoms with E-state index in [-0.39, 0.29) is 5.28 Å². The fourth-order valence-corrected chi connectivity index (χ4v) is 2.14. The molecule has 8 heteroatoms. The van der Waals surface area contributed by atoms with Crippen molar-refractivity contribution in [3.8, 4) is 5.75 Å². The van der Waals surface area contributed by atoms with Gasteiger partial charge in [-0.05, 0) is 30.2 Å². The molecule has 0 radical (unpaired) electrons. The van der Waals surface area contributed by atoms with E-state index in [9.17, 15) is 0 Å². The fraction of sp³-hybridized carbons (Fsp3) is 0.214. The molecule has 3 rings (SSSR count). The minimum atomic E-state index is 0.162. The van der Waals surface area contributed by atoms with Crippen LogP contribution in [0.3, 0.4) is 0 Å². The number of H-pyrrole nitrogens is 1. The zero-order valence-corrected chi connectivity index (χ0v) is 13.0. The van der Waals surface area contributed by atoms with Crippen LogP contribution in [-0.2, 0) is 0 Å². The van der Waals surface area contributed by atoms with E-state index in [4.69, 9.17) is 27.9 Å². The van der Waals surface area contributed by atoms with Crippen molar-refractivity contribution in [2.24, 2.45) is 0 Å². The quantitative estimate of drug-likeness (QED) is 0.407. The Morgan fingerprint density at radius 3 is 2.95 bits per heavy atom. The number of anilines is 2. The molecule has 0 aliphatic carbocycles. The van der Waals surface area contributed by atoms with Gasteiger partial charge in [-0.25, -0.2) is 4.98 Å². The van der Waals surface area contributed by atoms with E-state index < -0.39 is 0 Å². The highest BCUT2D eigenvalue weighted by Crippen LogP contribution is 2.27. The van der Waals surface area contributed by atoms with Crippen LogP contribution in [0.4, 0.5) is 11.6 Å². The van der Waals surface area contributed by atoms with Gasteiger partial charge in [0.2, 0.25) is 11.2 Å². The number of imidazole rings is 1. The number of benzene rings is 1. The number of hydrogen-bond donors (Lipinski definition) is 2. The van der Waals surface area contributed by atoms with Crippen LogP contribution >= 0.6 is 23.2 Å². The first-order chi connectivity index (χ1) is 10.8. The van der Waals surface area contributed by atoms with Gasteiger partial charge in [0.15, 0.2) is 5.65 Å². The number of halogens is 2. The molecule has 114 valence electrons. The predicted molar refractivity (Wildman–Crippen MR) is 87.3 cm³/mol. The molecule has 0 atom stereocenters. The van der Waals surface area contributed by atoms with Crippen molar-refractivity contribution in [1.82, 2.24) is 19.9 Å². The molecule has 2 aromatic heterocycles. The first-order valence-corrected chi connectivity index (χ1v) is 7.60. The monoisotopic (exact) mass is 337 g/mol. The zero-order valence-electron chi connectivity index (χ0n) is 11.5. The number of ether oxygens (including phenoxy) is 1. The summed E-state index contributed by atoms with van der Waals surface area (Å²) in [5.41, 5.74) is 2.01. The Hall–Kier alpha value is -2.05. The van der Waals surface area contributed by atoms with Gasteiger partial charge in [0.25, 0.3) is 0 Å². The minimum Gasteiger partial charge on any atom is -0.491 e. The lowest BCUT2D eigenvalue weighted by molar-refractivity contribution is 0.320. The second-order valence-electron chi connectivity index (χ2n) is 4.47. The molecule has 0 saturated carbocycles. The molecule has 6 nitrogen and oxygen atoms in total. The Labute approximate surface area is 136 Å². The molecule has 0 spiro atoms. The molecule has 2 heterocycles. The minimum absolute atomic E-state index is 0.162. The maximum absolute atomic E-state index is 5.76. The summed E-state index contributed by atoms with van der Waals surface area (Å²) in [5, 5.41) is 3.34. The third-order valence-corrected chi connectivity index (χ3v) is 3.34. The van der Waals surface area contributed by atoms with Crippen molar-refractivity contribution in [3.63, 3.8) is 0 Å². The van der Waals surface area contributed by atoms with E-state index in [1.165, 1.54) is 0 Å².